The molecule has 0 aliphatic carbocycles. The zero-order valence-corrected chi connectivity index (χ0v) is 12.7. The Labute approximate surface area is 120 Å². The number of hydrogen-bond acceptors (Lipinski definition) is 3. The van der Waals surface area contributed by atoms with E-state index < -0.39 is 9.84 Å². The predicted octanol–water partition coefficient (Wildman–Crippen LogP) is 2.82. The highest BCUT2D eigenvalue weighted by molar-refractivity contribution is 7.91. The van der Waals surface area contributed by atoms with Gasteiger partial charge in [0.05, 0.1) is 11.5 Å². The highest BCUT2D eigenvalue weighted by atomic mass is 35.5. The summed E-state index contributed by atoms with van der Waals surface area (Å²) in [6, 6.07) is 8.09. The van der Waals surface area contributed by atoms with E-state index in [4.69, 9.17) is 11.6 Å². The molecule has 3 nitrogen and oxygen atoms in total. The van der Waals surface area contributed by atoms with Gasteiger partial charge in [0.2, 0.25) is 0 Å². The summed E-state index contributed by atoms with van der Waals surface area (Å²) in [5.74, 6) is 0.931. The molecule has 1 N–H and O–H groups in total. The summed E-state index contributed by atoms with van der Waals surface area (Å²) in [4.78, 5) is 0. The second kappa shape index (κ2) is 6.25. The quantitative estimate of drug-likeness (QED) is 0.909. The fourth-order valence-electron chi connectivity index (χ4n) is 2.53. The summed E-state index contributed by atoms with van der Waals surface area (Å²) < 4.78 is 22.8. The first-order chi connectivity index (χ1) is 9.00. The van der Waals surface area contributed by atoms with Gasteiger partial charge in [0, 0.05) is 11.1 Å². The first-order valence-electron chi connectivity index (χ1n) is 6.69. The van der Waals surface area contributed by atoms with Crippen LogP contribution < -0.4 is 5.32 Å². The average molecular weight is 302 g/mol. The van der Waals surface area contributed by atoms with Gasteiger partial charge in [-0.25, -0.2) is 8.42 Å². The lowest BCUT2D eigenvalue weighted by Gasteiger charge is -2.19. The summed E-state index contributed by atoms with van der Waals surface area (Å²) in [6.07, 6.45) is 1.76. The van der Waals surface area contributed by atoms with Gasteiger partial charge in [-0.2, -0.15) is 0 Å². The van der Waals surface area contributed by atoms with Gasteiger partial charge in [-0.3, -0.25) is 0 Å². The van der Waals surface area contributed by atoms with E-state index in [0.29, 0.717) is 11.5 Å². The van der Waals surface area contributed by atoms with Crippen LogP contribution in [0.2, 0.25) is 5.02 Å². The van der Waals surface area contributed by atoms with Crippen LogP contribution in [0.25, 0.3) is 0 Å². The van der Waals surface area contributed by atoms with E-state index in [1.807, 2.05) is 24.3 Å². The number of halogens is 1. The molecule has 2 atom stereocenters. The lowest BCUT2D eigenvalue weighted by Crippen LogP contribution is -2.27. The molecule has 0 spiro atoms. The van der Waals surface area contributed by atoms with Gasteiger partial charge in [0.1, 0.15) is 0 Å². The maximum absolute atomic E-state index is 11.4. The van der Waals surface area contributed by atoms with Gasteiger partial charge in [-0.05, 0) is 43.0 Å². The summed E-state index contributed by atoms with van der Waals surface area (Å²) in [5, 5.41) is 4.21. The Bertz CT molecular complexity index is 513. The van der Waals surface area contributed by atoms with Crippen molar-refractivity contribution < 1.29 is 8.42 Å². The van der Waals surface area contributed by atoms with Crippen LogP contribution in [-0.4, -0.2) is 26.5 Å². The zero-order chi connectivity index (χ0) is 13.9. The normalized spacial score (nSPS) is 23.4. The van der Waals surface area contributed by atoms with Crippen molar-refractivity contribution in [2.24, 2.45) is 5.92 Å². The molecule has 5 heteroatoms. The van der Waals surface area contributed by atoms with E-state index in [1.54, 1.807) is 0 Å². The molecule has 19 heavy (non-hydrogen) atoms. The highest BCUT2D eigenvalue weighted by Gasteiger charge is 2.27. The molecule has 1 heterocycles. The lowest BCUT2D eigenvalue weighted by atomic mass is 10.0. The third kappa shape index (κ3) is 4.20. The number of hydrogen-bond donors (Lipinski definition) is 1. The first-order valence-corrected chi connectivity index (χ1v) is 8.89. The van der Waals surface area contributed by atoms with Crippen LogP contribution in [0.4, 0.5) is 0 Å². The van der Waals surface area contributed by atoms with Crippen molar-refractivity contribution in [1.82, 2.24) is 5.32 Å². The SMILES string of the molecule is CCC(NCC1CCS(=O)(=O)C1)c1ccc(Cl)cc1. The second-order valence-electron chi connectivity index (χ2n) is 5.19. The van der Waals surface area contributed by atoms with Crippen molar-refractivity contribution in [1.29, 1.82) is 0 Å². The van der Waals surface area contributed by atoms with Crippen molar-refractivity contribution in [3.63, 3.8) is 0 Å². The number of nitrogens with one attached hydrogen (secondary N) is 1. The summed E-state index contributed by atoms with van der Waals surface area (Å²) in [6.45, 7) is 2.89. The lowest BCUT2D eigenvalue weighted by molar-refractivity contribution is 0.450. The molecule has 0 bridgehead atoms. The van der Waals surface area contributed by atoms with Crippen molar-refractivity contribution in [2.45, 2.75) is 25.8 Å². The number of sulfone groups is 1. The minimum Gasteiger partial charge on any atom is -0.310 e. The maximum atomic E-state index is 11.4. The molecule has 1 aromatic rings. The third-order valence-corrected chi connectivity index (χ3v) is 5.75. The van der Waals surface area contributed by atoms with E-state index in [9.17, 15) is 8.42 Å². The van der Waals surface area contributed by atoms with Gasteiger partial charge in [0.25, 0.3) is 0 Å². The molecule has 1 aromatic carbocycles. The molecule has 2 unspecified atom stereocenters. The van der Waals surface area contributed by atoms with E-state index in [2.05, 4.69) is 12.2 Å². The molecular formula is C14H20ClNO2S. The van der Waals surface area contributed by atoms with Crippen LogP contribution in [0.1, 0.15) is 31.4 Å². The van der Waals surface area contributed by atoms with Crippen molar-refractivity contribution in [2.75, 3.05) is 18.1 Å². The number of rotatable bonds is 5. The summed E-state index contributed by atoms with van der Waals surface area (Å²) in [5.41, 5.74) is 1.20. The molecule has 0 amide bonds. The maximum Gasteiger partial charge on any atom is 0.150 e. The molecule has 0 radical (unpaired) electrons. The Morgan fingerprint density at radius 3 is 2.58 bits per heavy atom. The molecule has 1 aliphatic rings. The van der Waals surface area contributed by atoms with Gasteiger partial charge < -0.3 is 5.32 Å². The van der Waals surface area contributed by atoms with Crippen LogP contribution in [0.15, 0.2) is 24.3 Å². The minimum absolute atomic E-state index is 0.256. The zero-order valence-electron chi connectivity index (χ0n) is 11.1. The highest BCUT2D eigenvalue weighted by Crippen LogP contribution is 2.22. The van der Waals surface area contributed by atoms with Crippen LogP contribution in [0.3, 0.4) is 0 Å². The fraction of sp³-hybridized carbons (Fsp3) is 0.571. The van der Waals surface area contributed by atoms with Crippen LogP contribution in [-0.2, 0) is 9.84 Å². The Kier molecular flexibility index (Phi) is 4.87. The van der Waals surface area contributed by atoms with Crippen LogP contribution in [0.5, 0.6) is 0 Å². The number of benzene rings is 1. The molecule has 0 aromatic heterocycles. The van der Waals surface area contributed by atoms with Crippen LogP contribution in [0, 0.1) is 5.92 Å². The van der Waals surface area contributed by atoms with E-state index in [0.717, 1.165) is 24.4 Å². The molecule has 106 valence electrons. The van der Waals surface area contributed by atoms with E-state index >= 15 is 0 Å². The second-order valence-corrected chi connectivity index (χ2v) is 7.85. The van der Waals surface area contributed by atoms with Gasteiger partial charge >= 0.3 is 0 Å². The van der Waals surface area contributed by atoms with E-state index in [-0.39, 0.29) is 12.0 Å². The average Bonchev–Trinajstić information content (AvgIpc) is 2.72. The monoisotopic (exact) mass is 301 g/mol. The predicted molar refractivity (Wildman–Crippen MR) is 79.2 cm³/mol. The Balaban J connectivity index is 1.91. The summed E-state index contributed by atoms with van der Waals surface area (Å²) in [7, 11) is -2.78. The molecule has 1 saturated heterocycles. The molecule has 0 saturated carbocycles. The fourth-order valence-corrected chi connectivity index (χ4v) is 4.52. The third-order valence-electron chi connectivity index (χ3n) is 3.66. The molecular weight excluding hydrogens is 282 g/mol. The van der Waals surface area contributed by atoms with Crippen molar-refractivity contribution >= 4 is 21.4 Å². The largest absolute Gasteiger partial charge is 0.310 e. The van der Waals surface area contributed by atoms with Gasteiger partial charge in [-0.1, -0.05) is 30.7 Å². The Morgan fingerprint density at radius 1 is 1.37 bits per heavy atom. The smallest absolute Gasteiger partial charge is 0.150 e. The van der Waals surface area contributed by atoms with Gasteiger partial charge in [-0.15, -0.1) is 0 Å². The van der Waals surface area contributed by atoms with Crippen LogP contribution >= 0.6 is 11.6 Å². The first kappa shape index (κ1) is 14.8. The molecule has 1 aliphatic heterocycles. The van der Waals surface area contributed by atoms with E-state index in [1.165, 1.54) is 5.56 Å². The Hall–Kier alpha value is -0.580. The molecule has 2 rings (SSSR count). The van der Waals surface area contributed by atoms with Gasteiger partial charge in [0.15, 0.2) is 9.84 Å². The molecule has 1 fully saturated rings. The Morgan fingerprint density at radius 2 is 2.05 bits per heavy atom. The summed E-state index contributed by atoms with van der Waals surface area (Å²) >= 11 is 5.88. The standard InChI is InChI=1S/C14H20ClNO2S/c1-2-14(12-3-5-13(15)6-4-12)16-9-11-7-8-19(17,18)10-11/h3-6,11,14,16H,2,7-10H2,1H3. The van der Waals surface area contributed by atoms with Crippen molar-refractivity contribution in [3.05, 3.63) is 34.9 Å². The minimum atomic E-state index is -2.78. The van der Waals surface area contributed by atoms with Crippen molar-refractivity contribution in [3.8, 4) is 0 Å². The topological polar surface area (TPSA) is 46.2 Å².